The average Bonchev–Trinajstić information content (AvgIpc) is 3.43. The Labute approximate surface area is 200 Å². The van der Waals surface area contributed by atoms with Crippen molar-refractivity contribution in [3.05, 3.63) is 53.3 Å². The Morgan fingerprint density at radius 2 is 2.06 bits per heavy atom. The van der Waals surface area contributed by atoms with E-state index in [0.29, 0.717) is 21.2 Å². The summed E-state index contributed by atoms with van der Waals surface area (Å²) in [5, 5.41) is 16.8. The van der Waals surface area contributed by atoms with Crippen LogP contribution in [0.25, 0.3) is 6.08 Å². The van der Waals surface area contributed by atoms with E-state index in [4.69, 9.17) is 14.6 Å². The second-order valence-electron chi connectivity index (χ2n) is 8.10. The van der Waals surface area contributed by atoms with E-state index >= 15 is 0 Å². The van der Waals surface area contributed by atoms with Gasteiger partial charge in [0, 0.05) is 5.25 Å². The summed E-state index contributed by atoms with van der Waals surface area (Å²) in [6.45, 7) is 2.22. The van der Waals surface area contributed by atoms with Crippen LogP contribution in [-0.4, -0.2) is 38.8 Å². The Bertz CT molecular complexity index is 1180. The fourth-order valence-corrected chi connectivity index (χ4v) is 5.90. The summed E-state index contributed by atoms with van der Waals surface area (Å²) in [7, 11) is 0. The summed E-state index contributed by atoms with van der Waals surface area (Å²) in [5.41, 5.74) is 1.19. The number of nitrogens with zero attached hydrogens (tertiary/aromatic N) is 3. The fraction of sp³-hybridized carbons (Fsp3) is 0.333. The van der Waals surface area contributed by atoms with Gasteiger partial charge in [0.05, 0.1) is 5.57 Å². The molecular weight excluding hydrogens is 456 g/mol. The average molecular weight is 481 g/mol. The lowest BCUT2D eigenvalue weighted by molar-refractivity contribution is -0.114. The fourth-order valence-electron chi connectivity index (χ4n) is 3.91. The number of amides is 1. The highest BCUT2D eigenvalue weighted by molar-refractivity contribution is 8.27. The van der Waals surface area contributed by atoms with Gasteiger partial charge >= 0.3 is 0 Å². The van der Waals surface area contributed by atoms with Gasteiger partial charge in [0.15, 0.2) is 10.9 Å². The van der Waals surface area contributed by atoms with E-state index in [-0.39, 0.29) is 18.0 Å². The third-order valence-corrected chi connectivity index (χ3v) is 7.80. The molecule has 1 fully saturated rings. The Hall–Kier alpha value is -2.78. The van der Waals surface area contributed by atoms with E-state index in [2.05, 4.69) is 10.1 Å². The molecule has 1 saturated carbocycles. The number of fused-ring (bicyclic) bond motifs is 1. The number of ether oxygens (including phenoxy) is 1. The van der Waals surface area contributed by atoms with Crippen LogP contribution in [0.15, 0.2) is 61.6 Å². The van der Waals surface area contributed by atoms with E-state index in [1.807, 2.05) is 43.3 Å². The first-order valence-corrected chi connectivity index (χ1v) is 12.7. The van der Waals surface area contributed by atoms with Crippen molar-refractivity contribution in [2.45, 2.75) is 49.4 Å². The number of amidine groups is 2. The van der Waals surface area contributed by atoms with Crippen molar-refractivity contribution in [3.63, 3.8) is 0 Å². The number of thioether (sulfide) groups is 2. The molecule has 0 spiro atoms. The smallest absolute Gasteiger partial charge is 0.283 e. The van der Waals surface area contributed by atoms with Crippen molar-refractivity contribution >= 4 is 51.6 Å². The van der Waals surface area contributed by atoms with Crippen LogP contribution in [0, 0.1) is 12.3 Å². The third kappa shape index (κ3) is 4.94. The minimum atomic E-state index is -0.465. The minimum Gasteiger partial charge on any atom is -0.486 e. The van der Waals surface area contributed by atoms with Gasteiger partial charge in [0.25, 0.3) is 5.91 Å². The second kappa shape index (κ2) is 9.61. The van der Waals surface area contributed by atoms with Crippen LogP contribution in [0.2, 0.25) is 0 Å². The van der Waals surface area contributed by atoms with Gasteiger partial charge in [-0.25, -0.2) is 0 Å². The highest BCUT2D eigenvalue weighted by Crippen LogP contribution is 2.35. The van der Waals surface area contributed by atoms with Crippen LogP contribution in [0.3, 0.4) is 0 Å². The summed E-state index contributed by atoms with van der Waals surface area (Å²) in [6.07, 6.45) is 7.86. The number of aryl methyl sites for hydroxylation is 1. The zero-order valence-electron chi connectivity index (χ0n) is 18.2. The molecule has 1 amide bonds. The predicted molar refractivity (Wildman–Crippen MR) is 133 cm³/mol. The van der Waals surface area contributed by atoms with Crippen LogP contribution in [0.4, 0.5) is 0 Å². The van der Waals surface area contributed by atoms with Gasteiger partial charge < -0.3 is 9.15 Å². The maximum absolute atomic E-state index is 12.6. The number of para-hydroxylation sites is 1. The van der Waals surface area contributed by atoms with Crippen LogP contribution < -0.4 is 4.74 Å². The topological polar surface area (TPSA) is 91.2 Å². The van der Waals surface area contributed by atoms with Gasteiger partial charge in [-0.2, -0.15) is 15.1 Å². The molecule has 1 aromatic heterocycles. The van der Waals surface area contributed by atoms with Crippen molar-refractivity contribution in [1.29, 1.82) is 5.41 Å². The molecule has 0 saturated heterocycles. The number of rotatable bonds is 6. The van der Waals surface area contributed by atoms with Gasteiger partial charge in [-0.15, -0.1) is 0 Å². The highest BCUT2D eigenvalue weighted by Gasteiger charge is 2.36. The Morgan fingerprint density at radius 1 is 1.24 bits per heavy atom. The minimum absolute atomic E-state index is 0.0127. The lowest BCUT2D eigenvalue weighted by atomic mass is 10.0. The first-order chi connectivity index (χ1) is 16.1. The molecule has 0 radical (unpaired) electrons. The van der Waals surface area contributed by atoms with Crippen molar-refractivity contribution in [3.8, 4) is 5.75 Å². The number of aliphatic imine (C=N–C) groups is 1. The summed E-state index contributed by atoms with van der Waals surface area (Å²) in [4.78, 5) is 16.8. The van der Waals surface area contributed by atoms with Crippen molar-refractivity contribution in [1.82, 2.24) is 5.01 Å². The van der Waals surface area contributed by atoms with E-state index < -0.39 is 5.91 Å². The molecule has 0 unspecified atom stereocenters. The molecule has 2 aromatic rings. The third-order valence-electron chi connectivity index (χ3n) is 5.66. The number of nitrogens with one attached hydrogen (secondary N) is 1. The molecule has 5 rings (SSSR count). The van der Waals surface area contributed by atoms with Crippen LogP contribution in [-0.2, 0) is 4.79 Å². The SMILES string of the molecule is Cc1ccccc1OCC1=NN2C(=N)/C(=C/c3ccc(SC4CCCCC4)o3)C(=O)N=C2S1. The molecule has 170 valence electrons. The Balaban J connectivity index is 1.27. The van der Waals surface area contributed by atoms with E-state index in [1.165, 1.54) is 48.9 Å². The molecule has 2 aliphatic heterocycles. The van der Waals surface area contributed by atoms with Gasteiger partial charge in [-0.05, 0) is 61.4 Å². The zero-order chi connectivity index (χ0) is 22.8. The molecule has 33 heavy (non-hydrogen) atoms. The van der Waals surface area contributed by atoms with E-state index in [0.717, 1.165) is 16.4 Å². The number of carbonyl (C=O) groups is 1. The summed E-state index contributed by atoms with van der Waals surface area (Å²) in [6, 6.07) is 11.5. The number of furan rings is 1. The van der Waals surface area contributed by atoms with Crippen LogP contribution in [0.5, 0.6) is 5.75 Å². The lowest BCUT2D eigenvalue weighted by Crippen LogP contribution is -2.35. The highest BCUT2D eigenvalue weighted by atomic mass is 32.2. The Morgan fingerprint density at radius 3 is 2.88 bits per heavy atom. The van der Waals surface area contributed by atoms with Gasteiger partial charge in [-0.1, -0.05) is 49.2 Å². The van der Waals surface area contributed by atoms with Crippen molar-refractivity contribution in [2.75, 3.05) is 6.61 Å². The predicted octanol–water partition coefficient (Wildman–Crippen LogP) is 5.71. The maximum Gasteiger partial charge on any atom is 0.283 e. The zero-order valence-corrected chi connectivity index (χ0v) is 19.9. The molecule has 1 N–H and O–H groups in total. The molecule has 0 bridgehead atoms. The molecule has 3 aliphatic rings. The number of hydrogen-bond donors (Lipinski definition) is 1. The van der Waals surface area contributed by atoms with Crippen molar-refractivity contribution < 1.29 is 13.9 Å². The second-order valence-corrected chi connectivity index (χ2v) is 10.4. The summed E-state index contributed by atoms with van der Waals surface area (Å²) < 4.78 is 11.8. The van der Waals surface area contributed by atoms with Crippen molar-refractivity contribution in [2.24, 2.45) is 10.1 Å². The largest absolute Gasteiger partial charge is 0.486 e. The van der Waals surface area contributed by atoms with Crippen LogP contribution >= 0.6 is 23.5 Å². The summed E-state index contributed by atoms with van der Waals surface area (Å²) >= 11 is 3.00. The molecule has 7 nitrogen and oxygen atoms in total. The normalized spacial score (nSPS) is 20.2. The maximum atomic E-state index is 12.6. The standard InChI is InChI=1S/C24H24N4O3S2/c1-15-7-5-6-10-19(15)30-14-20-27-28-22(25)18(23(29)26-24(28)33-20)13-16-11-12-21(31-16)32-17-8-3-2-4-9-17/h5-7,10-13,17,25H,2-4,8-9,14H2,1H3/b18-13-,25-22?. The van der Waals surface area contributed by atoms with Gasteiger partial charge in [0.1, 0.15) is 23.2 Å². The quantitative estimate of drug-likeness (QED) is 0.533. The molecule has 9 heteroatoms. The van der Waals surface area contributed by atoms with E-state index in [9.17, 15) is 4.79 Å². The summed E-state index contributed by atoms with van der Waals surface area (Å²) in [5.74, 6) is 0.840. The van der Waals surface area contributed by atoms with Crippen LogP contribution in [0.1, 0.15) is 43.4 Å². The number of carbonyl (C=O) groups excluding carboxylic acids is 1. The monoisotopic (exact) mass is 480 g/mol. The van der Waals surface area contributed by atoms with Gasteiger partial charge in [0.2, 0.25) is 5.17 Å². The number of benzene rings is 1. The van der Waals surface area contributed by atoms with Gasteiger partial charge in [-0.3, -0.25) is 10.2 Å². The molecule has 1 aliphatic carbocycles. The molecule has 0 atom stereocenters. The molecule has 1 aromatic carbocycles. The first kappa shape index (κ1) is 22.0. The number of hydrazone groups is 1. The lowest BCUT2D eigenvalue weighted by Gasteiger charge is -2.20. The number of hydrogen-bond acceptors (Lipinski definition) is 7. The Kier molecular flexibility index (Phi) is 6.41. The van der Waals surface area contributed by atoms with E-state index in [1.54, 1.807) is 17.8 Å². The first-order valence-electron chi connectivity index (χ1n) is 11.0. The molecule has 3 heterocycles. The molecular formula is C24H24N4O3S2.